The van der Waals surface area contributed by atoms with Crippen molar-refractivity contribution in [3.63, 3.8) is 0 Å². The molecule has 1 unspecified atom stereocenters. The lowest BCUT2D eigenvalue weighted by Gasteiger charge is -2.33. The Bertz CT molecular complexity index is 653. The van der Waals surface area contributed by atoms with Crippen molar-refractivity contribution in [2.45, 2.75) is 51.6 Å². The molecule has 0 spiro atoms. The Balaban J connectivity index is 2.20. The van der Waals surface area contributed by atoms with Gasteiger partial charge in [-0.3, -0.25) is 9.59 Å². The van der Waals surface area contributed by atoms with Gasteiger partial charge in [0.25, 0.3) is 0 Å². The summed E-state index contributed by atoms with van der Waals surface area (Å²) in [5.74, 6) is 0.947. The quantitative estimate of drug-likeness (QED) is 0.609. The topological polar surface area (TPSA) is 43.4 Å². The molecule has 1 aromatic rings. The first-order valence-electron chi connectivity index (χ1n) is 7.44. The summed E-state index contributed by atoms with van der Waals surface area (Å²) in [6.07, 6.45) is 7.56. The number of allylic oxidation sites excluding steroid dienone is 2. The molecular formula is C18H20O3. The SMILES string of the molecule is Cc1c(C=O)c(C2C=CCC2)cc2c1C(=O)CC(C)(C)O2. The number of Topliss-reactive ketones (excluding diaryl/α,β-unsaturated/α-hetero) is 1. The van der Waals surface area contributed by atoms with Crippen LogP contribution < -0.4 is 4.74 Å². The van der Waals surface area contributed by atoms with Crippen LogP contribution in [0, 0.1) is 6.92 Å². The third-order valence-electron chi connectivity index (χ3n) is 4.40. The van der Waals surface area contributed by atoms with E-state index in [1.54, 1.807) is 0 Å². The molecule has 1 aliphatic heterocycles. The van der Waals surface area contributed by atoms with E-state index in [1.807, 2.05) is 26.8 Å². The molecule has 2 aliphatic rings. The van der Waals surface area contributed by atoms with Crippen LogP contribution in [-0.4, -0.2) is 17.7 Å². The minimum Gasteiger partial charge on any atom is -0.487 e. The summed E-state index contributed by atoms with van der Waals surface area (Å²) >= 11 is 0. The van der Waals surface area contributed by atoms with Crippen LogP contribution in [0.2, 0.25) is 0 Å². The number of carbonyl (C=O) groups excluding carboxylic acids is 2. The van der Waals surface area contributed by atoms with Crippen molar-refractivity contribution in [2.24, 2.45) is 0 Å². The number of hydrogen-bond acceptors (Lipinski definition) is 3. The van der Waals surface area contributed by atoms with Gasteiger partial charge >= 0.3 is 0 Å². The average molecular weight is 284 g/mol. The lowest BCUT2D eigenvalue weighted by molar-refractivity contribution is 0.0618. The van der Waals surface area contributed by atoms with Gasteiger partial charge in [0.1, 0.15) is 11.4 Å². The highest BCUT2D eigenvalue weighted by atomic mass is 16.5. The number of aldehydes is 1. The Hall–Kier alpha value is -1.90. The standard InChI is InChI=1S/C18H20O3/c1-11-14(10-19)13(12-6-4-5-7-12)8-16-17(11)15(20)9-18(2,3)21-16/h4,6,8,10,12H,5,7,9H2,1-3H3. The number of carbonyl (C=O) groups is 2. The molecule has 1 aliphatic carbocycles. The molecule has 3 heteroatoms. The molecule has 110 valence electrons. The molecule has 3 rings (SSSR count). The molecule has 3 nitrogen and oxygen atoms in total. The second-order valence-corrected chi connectivity index (χ2v) is 6.57. The van der Waals surface area contributed by atoms with E-state index in [-0.39, 0.29) is 11.7 Å². The van der Waals surface area contributed by atoms with Crippen LogP contribution in [0.1, 0.15) is 70.9 Å². The summed E-state index contributed by atoms with van der Waals surface area (Å²) in [4.78, 5) is 24.0. The van der Waals surface area contributed by atoms with Crippen LogP contribution in [0.5, 0.6) is 5.75 Å². The second kappa shape index (κ2) is 4.83. The van der Waals surface area contributed by atoms with E-state index < -0.39 is 5.60 Å². The minimum absolute atomic E-state index is 0.0652. The zero-order valence-corrected chi connectivity index (χ0v) is 12.7. The molecule has 1 heterocycles. The zero-order chi connectivity index (χ0) is 15.2. The third-order valence-corrected chi connectivity index (χ3v) is 4.40. The molecule has 0 fully saturated rings. The predicted octanol–water partition coefficient (Wildman–Crippen LogP) is 3.98. The largest absolute Gasteiger partial charge is 0.487 e. The molecule has 0 radical (unpaired) electrons. The van der Waals surface area contributed by atoms with Crippen LogP contribution in [-0.2, 0) is 0 Å². The van der Waals surface area contributed by atoms with Crippen molar-refractivity contribution < 1.29 is 14.3 Å². The third kappa shape index (κ3) is 2.31. The van der Waals surface area contributed by atoms with Crippen molar-refractivity contribution in [3.05, 3.63) is 40.5 Å². The Morgan fingerprint density at radius 1 is 1.38 bits per heavy atom. The van der Waals surface area contributed by atoms with Crippen molar-refractivity contribution in [2.75, 3.05) is 0 Å². The van der Waals surface area contributed by atoms with Gasteiger partial charge in [0.2, 0.25) is 0 Å². The maximum absolute atomic E-state index is 12.4. The highest BCUT2D eigenvalue weighted by Crippen LogP contribution is 2.41. The molecule has 0 bridgehead atoms. The highest BCUT2D eigenvalue weighted by molar-refractivity contribution is 6.03. The fourth-order valence-corrected chi connectivity index (χ4v) is 3.42. The van der Waals surface area contributed by atoms with Crippen molar-refractivity contribution >= 4 is 12.1 Å². The molecule has 0 saturated carbocycles. The molecule has 0 amide bonds. The molecule has 0 N–H and O–H groups in total. The Morgan fingerprint density at radius 3 is 2.76 bits per heavy atom. The van der Waals surface area contributed by atoms with Crippen molar-refractivity contribution in [1.29, 1.82) is 0 Å². The monoisotopic (exact) mass is 284 g/mol. The van der Waals surface area contributed by atoms with Crippen LogP contribution in [0.4, 0.5) is 0 Å². The first-order chi connectivity index (χ1) is 9.93. The Kier molecular flexibility index (Phi) is 3.23. The summed E-state index contributed by atoms with van der Waals surface area (Å²) in [7, 11) is 0. The van der Waals surface area contributed by atoms with E-state index in [1.165, 1.54) is 0 Å². The molecule has 1 atom stereocenters. The van der Waals surface area contributed by atoms with Gasteiger partial charge in [0.05, 0.1) is 12.0 Å². The molecule has 0 aromatic heterocycles. The number of fused-ring (bicyclic) bond motifs is 1. The van der Waals surface area contributed by atoms with Crippen LogP contribution in [0.15, 0.2) is 18.2 Å². The number of hydrogen-bond donors (Lipinski definition) is 0. The molecule has 0 saturated heterocycles. The summed E-state index contributed by atoms with van der Waals surface area (Å²) in [5.41, 5.74) is 2.50. The maximum atomic E-state index is 12.4. The van der Waals surface area contributed by atoms with Gasteiger partial charge in [-0.2, -0.15) is 0 Å². The van der Waals surface area contributed by atoms with Gasteiger partial charge in [-0.05, 0) is 50.8 Å². The smallest absolute Gasteiger partial charge is 0.170 e. The zero-order valence-electron chi connectivity index (χ0n) is 12.7. The van der Waals surface area contributed by atoms with Gasteiger partial charge in [-0.15, -0.1) is 0 Å². The number of benzene rings is 1. The summed E-state index contributed by atoms with van der Waals surface area (Å²) in [5, 5.41) is 0. The first kappa shape index (κ1) is 14.1. The van der Waals surface area contributed by atoms with Crippen LogP contribution >= 0.6 is 0 Å². The number of ketones is 1. The van der Waals surface area contributed by atoms with Gasteiger partial charge < -0.3 is 4.74 Å². The lowest BCUT2D eigenvalue weighted by atomic mass is 9.84. The van der Waals surface area contributed by atoms with E-state index in [0.29, 0.717) is 23.3 Å². The van der Waals surface area contributed by atoms with Crippen molar-refractivity contribution in [1.82, 2.24) is 0 Å². The highest BCUT2D eigenvalue weighted by Gasteiger charge is 2.35. The van der Waals surface area contributed by atoms with Crippen LogP contribution in [0.3, 0.4) is 0 Å². The normalized spacial score (nSPS) is 22.8. The fraction of sp³-hybridized carbons (Fsp3) is 0.444. The van der Waals surface area contributed by atoms with Gasteiger partial charge in [-0.25, -0.2) is 0 Å². The van der Waals surface area contributed by atoms with Crippen LogP contribution in [0.25, 0.3) is 0 Å². The summed E-state index contributed by atoms with van der Waals surface area (Å²) in [6.45, 7) is 5.70. The first-order valence-corrected chi connectivity index (χ1v) is 7.44. The maximum Gasteiger partial charge on any atom is 0.170 e. The molecule has 1 aromatic carbocycles. The fourth-order valence-electron chi connectivity index (χ4n) is 3.42. The van der Waals surface area contributed by atoms with Crippen molar-refractivity contribution in [3.8, 4) is 5.75 Å². The Labute approximate surface area is 125 Å². The molecular weight excluding hydrogens is 264 g/mol. The van der Waals surface area contributed by atoms with E-state index in [9.17, 15) is 9.59 Å². The Morgan fingerprint density at radius 2 is 2.14 bits per heavy atom. The minimum atomic E-state index is -0.484. The second-order valence-electron chi connectivity index (χ2n) is 6.57. The lowest BCUT2D eigenvalue weighted by Crippen LogP contribution is -2.36. The van der Waals surface area contributed by atoms with E-state index >= 15 is 0 Å². The van der Waals surface area contributed by atoms with E-state index in [4.69, 9.17) is 4.74 Å². The van der Waals surface area contributed by atoms with Gasteiger partial charge in [0, 0.05) is 11.5 Å². The van der Waals surface area contributed by atoms with Gasteiger partial charge in [0.15, 0.2) is 12.1 Å². The summed E-state index contributed by atoms with van der Waals surface area (Å²) < 4.78 is 6.01. The number of rotatable bonds is 2. The van der Waals surface area contributed by atoms with E-state index in [0.717, 1.165) is 30.3 Å². The van der Waals surface area contributed by atoms with E-state index in [2.05, 4.69) is 12.2 Å². The predicted molar refractivity (Wildman–Crippen MR) is 81.3 cm³/mol. The summed E-state index contributed by atoms with van der Waals surface area (Å²) in [6, 6.07) is 1.91. The molecule has 21 heavy (non-hydrogen) atoms. The average Bonchev–Trinajstić information content (AvgIpc) is 2.89. The number of ether oxygens (including phenoxy) is 1. The van der Waals surface area contributed by atoms with Gasteiger partial charge in [-0.1, -0.05) is 12.2 Å².